The van der Waals surface area contributed by atoms with Crippen LogP contribution in [0.15, 0.2) is 0 Å². The fourth-order valence-corrected chi connectivity index (χ4v) is 2.00. The Balaban J connectivity index is 4.67. The number of nitrogens with zero attached hydrogens (tertiary/aromatic N) is 2. The molecule has 19 heavy (non-hydrogen) atoms. The first-order valence-corrected chi connectivity index (χ1v) is 7.14. The molecular weight excluding hydrogens is 244 g/mol. The van der Waals surface area contributed by atoms with E-state index >= 15 is 0 Å². The smallest absolute Gasteiger partial charge is 0.320 e. The Morgan fingerprint density at radius 2 is 1.68 bits per heavy atom. The highest BCUT2D eigenvalue weighted by Crippen LogP contribution is 2.11. The maximum Gasteiger partial charge on any atom is 0.320 e. The number of carbonyl (C=O) groups excluding carboxylic acids is 1. The van der Waals surface area contributed by atoms with Crippen LogP contribution in [0, 0.1) is 0 Å². The van der Waals surface area contributed by atoms with Crippen molar-refractivity contribution in [2.24, 2.45) is 0 Å². The van der Waals surface area contributed by atoms with Gasteiger partial charge in [0.1, 0.15) is 0 Å². The first kappa shape index (κ1) is 17.7. The van der Waals surface area contributed by atoms with Gasteiger partial charge in [-0.25, -0.2) is 4.79 Å². The Morgan fingerprint density at radius 1 is 1.11 bits per heavy atom. The quantitative estimate of drug-likeness (QED) is 0.739. The van der Waals surface area contributed by atoms with Gasteiger partial charge in [0.25, 0.3) is 0 Å². The van der Waals surface area contributed by atoms with Crippen LogP contribution in [0.3, 0.4) is 0 Å². The largest absolute Gasteiger partial charge is 0.481 e. The number of carbonyl (C=O) groups is 2. The van der Waals surface area contributed by atoms with Crippen LogP contribution in [0.2, 0.25) is 0 Å². The van der Waals surface area contributed by atoms with Gasteiger partial charge in [-0.3, -0.25) is 4.79 Å². The van der Waals surface area contributed by atoms with Crippen molar-refractivity contribution in [3.63, 3.8) is 0 Å². The van der Waals surface area contributed by atoms with Crippen molar-refractivity contribution in [3.05, 3.63) is 0 Å². The van der Waals surface area contributed by atoms with Crippen molar-refractivity contribution in [1.29, 1.82) is 0 Å². The number of hydrogen-bond acceptors (Lipinski definition) is 2. The van der Waals surface area contributed by atoms with Gasteiger partial charge < -0.3 is 14.9 Å². The Morgan fingerprint density at radius 3 is 2.05 bits per heavy atom. The van der Waals surface area contributed by atoms with Crippen molar-refractivity contribution < 1.29 is 14.7 Å². The van der Waals surface area contributed by atoms with Crippen LogP contribution in [0.4, 0.5) is 4.79 Å². The van der Waals surface area contributed by atoms with Gasteiger partial charge in [-0.15, -0.1) is 0 Å². The SMILES string of the molecule is CCC(C)N(CC)C(=O)N(CCCC(=O)O)C(C)C. The lowest BCUT2D eigenvalue weighted by molar-refractivity contribution is -0.137. The average Bonchev–Trinajstić information content (AvgIpc) is 2.34. The molecule has 0 saturated carbocycles. The van der Waals surface area contributed by atoms with E-state index in [0.717, 1.165) is 6.42 Å². The minimum Gasteiger partial charge on any atom is -0.481 e. The number of aliphatic carboxylic acids is 1. The van der Waals surface area contributed by atoms with E-state index in [0.29, 0.717) is 19.5 Å². The molecule has 0 bridgehead atoms. The van der Waals surface area contributed by atoms with Gasteiger partial charge in [0, 0.05) is 31.6 Å². The number of amides is 2. The molecule has 0 fully saturated rings. The minimum absolute atomic E-state index is 0.0113. The van der Waals surface area contributed by atoms with Gasteiger partial charge in [0.15, 0.2) is 0 Å². The number of urea groups is 1. The number of rotatable bonds is 8. The van der Waals surface area contributed by atoms with Crippen molar-refractivity contribution in [2.45, 2.75) is 66.0 Å². The van der Waals surface area contributed by atoms with Crippen LogP contribution in [0.5, 0.6) is 0 Å². The molecule has 1 atom stereocenters. The molecule has 0 spiro atoms. The maximum atomic E-state index is 12.5. The van der Waals surface area contributed by atoms with Gasteiger partial charge in [0.05, 0.1) is 0 Å². The molecule has 112 valence electrons. The first-order chi connectivity index (χ1) is 8.84. The van der Waals surface area contributed by atoms with E-state index in [1.807, 2.05) is 32.6 Å². The summed E-state index contributed by atoms with van der Waals surface area (Å²) < 4.78 is 0. The molecule has 1 N–H and O–H groups in total. The summed E-state index contributed by atoms with van der Waals surface area (Å²) in [5.41, 5.74) is 0. The van der Waals surface area contributed by atoms with E-state index in [9.17, 15) is 9.59 Å². The number of carboxylic acids is 1. The molecular formula is C14H28N2O3. The third-order valence-corrected chi connectivity index (χ3v) is 3.37. The lowest BCUT2D eigenvalue weighted by Crippen LogP contribution is -2.49. The molecule has 2 amide bonds. The van der Waals surface area contributed by atoms with E-state index in [-0.39, 0.29) is 24.5 Å². The number of hydrogen-bond donors (Lipinski definition) is 1. The highest BCUT2D eigenvalue weighted by molar-refractivity contribution is 5.75. The number of carboxylic acid groups (broad SMARTS) is 1. The normalized spacial score (nSPS) is 12.3. The summed E-state index contributed by atoms with van der Waals surface area (Å²) in [5.74, 6) is -0.814. The fourth-order valence-electron chi connectivity index (χ4n) is 2.00. The molecule has 0 aliphatic rings. The second-order valence-corrected chi connectivity index (χ2v) is 5.11. The third kappa shape index (κ3) is 5.94. The molecule has 0 aliphatic carbocycles. The predicted molar refractivity (Wildman–Crippen MR) is 76.2 cm³/mol. The van der Waals surface area contributed by atoms with Crippen molar-refractivity contribution in [3.8, 4) is 0 Å². The summed E-state index contributed by atoms with van der Waals surface area (Å²) in [5, 5.41) is 8.67. The van der Waals surface area contributed by atoms with Gasteiger partial charge in [-0.1, -0.05) is 6.92 Å². The van der Waals surface area contributed by atoms with Crippen LogP contribution in [-0.2, 0) is 4.79 Å². The molecule has 0 heterocycles. The van der Waals surface area contributed by atoms with Gasteiger partial charge in [-0.05, 0) is 40.5 Å². The summed E-state index contributed by atoms with van der Waals surface area (Å²) in [6, 6.07) is 0.301. The summed E-state index contributed by atoms with van der Waals surface area (Å²) >= 11 is 0. The Labute approximate surface area is 116 Å². The Kier molecular flexibility index (Phi) is 8.19. The highest BCUT2D eigenvalue weighted by Gasteiger charge is 2.24. The van der Waals surface area contributed by atoms with Crippen LogP contribution in [0.25, 0.3) is 0 Å². The fraction of sp³-hybridized carbons (Fsp3) is 0.857. The zero-order chi connectivity index (χ0) is 15.0. The predicted octanol–water partition coefficient (Wildman–Crippen LogP) is 2.80. The molecule has 0 aromatic heterocycles. The van der Waals surface area contributed by atoms with Crippen molar-refractivity contribution in [1.82, 2.24) is 9.80 Å². The second kappa shape index (κ2) is 8.77. The Bertz CT molecular complexity index is 292. The third-order valence-electron chi connectivity index (χ3n) is 3.37. The summed E-state index contributed by atoms with van der Waals surface area (Å²) in [6.07, 6.45) is 1.52. The molecule has 0 aromatic rings. The minimum atomic E-state index is -0.814. The lowest BCUT2D eigenvalue weighted by Gasteiger charge is -2.35. The summed E-state index contributed by atoms with van der Waals surface area (Å²) in [6.45, 7) is 11.2. The Hall–Kier alpha value is -1.26. The van der Waals surface area contributed by atoms with Crippen molar-refractivity contribution in [2.75, 3.05) is 13.1 Å². The highest BCUT2D eigenvalue weighted by atomic mass is 16.4. The van der Waals surface area contributed by atoms with E-state index in [1.165, 1.54) is 0 Å². The molecule has 5 nitrogen and oxygen atoms in total. The topological polar surface area (TPSA) is 60.9 Å². The molecule has 5 heteroatoms. The summed E-state index contributed by atoms with van der Waals surface area (Å²) in [7, 11) is 0. The van der Waals surface area contributed by atoms with E-state index in [2.05, 4.69) is 6.92 Å². The maximum absolute atomic E-state index is 12.5. The molecule has 0 radical (unpaired) electrons. The van der Waals surface area contributed by atoms with Gasteiger partial charge in [0.2, 0.25) is 0 Å². The van der Waals surface area contributed by atoms with E-state index < -0.39 is 5.97 Å². The van der Waals surface area contributed by atoms with Gasteiger partial charge >= 0.3 is 12.0 Å². The van der Waals surface area contributed by atoms with Gasteiger partial charge in [-0.2, -0.15) is 0 Å². The van der Waals surface area contributed by atoms with Crippen LogP contribution < -0.4 is 0 Å². The first-order valence-electron chi connectivity index (χ1n) is 7.14. The standard InChI is InChI=1S/C14H28N2O3/c1-6-12(5)15(7-2)14(19)16(11(3)4)10-8-9-13(17)18/h11-12H,6-10H2,1-5H3,(H,17,18). The van der Waals surface area contributed by atoms with E-state index in [1.54, 1.807) is 4.90 Å². The molecule has 0 rings (SSSR count). The van der Waals surface area contributed by atoms with Crippen molar-refractivity contribution >= 4 is 12.0 Å². The molecule has 1 unspecified atom stereocenters. The van der Waals surface area contributed by atoms with Crippen LogP contribution in [0.1, 0.15) is 53.9 Å². The lowest BCUT2D eigenvalue weighted by atomic mass is 10.2. The van der Waals surface area contributed by atoms with Crippen LogP contribution >= 0.6 is 0 Å². The molecule has 0 saturated heterocycles. The average molecular weight is 272 g/mol. The zero-order valence-electron chi connectivity index (χ0n) is 12.8. The zero-order valence-corrected chi connectivity index (χ0v) is 12.8. The molecule has 0 aromatic carbocycles. The van der Waals surface area contributed by atoms with Crippen LogP contribution in [-0.4, -0.2) is 52.1 Å². The van der Waals surface area contributed by atoms with E-state index in [4.69, 9.17) is 5.11 Å². The summed E-state index contributed by atoms with van der Waals surface area (Å²) in [4.78, 5) is 26.7. The second-order valence-electron chi connectivity index (χ2n) is 5.11. The monoisotopic (exact) mass is 272 g/mol. The molecule has 0 aliphatic heterocycles.